The van der Waals surface area contributed by atoms with Crippen LogP contribution in [0.3, 0.4) is 0 Å². The van der Waals surface area contributed by atoms with Gasteiger partial charge in [-0.25, -0.2) is 0 Å². The topological polar surface area (TPSA) is 80.0 Å². The van der Waals surface area contributed by atoms with Crippen LogP contribution >= 0.6 is 11.6 Å². The molecule has 23 heavy (non-hydrogen) atoms. The number of nitrogens with one attached hydrogen (secondary N) is 2. The molecule has 0 saturated carbocycles. The van der Waals surface area contributed by atoms with Gasteiger partial charge in [-0.05, 0) is 37.2 Å². The second kappa shape index (κ2) is 9.27. The first-order chi connectivity index (χ1) is 11.2. The maximum atomic E-state index is 11.6. The van der Waals surface area contributed by atoms with Gasteiger partial charge in [0, 0.05) is 36.5 Å². The summed E-state index contributed by atoms with van der Waals surface area (Å²) < 4.78 is 5.21. The van der Waals surface area contributed by atoms with Crippen LogP contribution in [0.2, 0.25) is 5.02 Å². The quantitative estimate of drug-likeness (QED) is 0.687. The summed E-state index contributed by atoms with van der Waals surface area (Å²) in [6.45, 7) is 4.37. The zero-order valence-electron chi connectivity index (χ0n) is 13.1. The SMILES string of the molecule is CCNCCNC(=O)CCCc1nc(-c2ccc(Cl)cc2)no1. The number of amides is 1. The van der Waals surface area contributed by atoms with Gasteiger partial charge < -0.3 is 15.2 Å². The van der Waals surface area contributed by atoms with Crippen LogP contribution in [0, 0.1) is 0 Å². The molecule has 0 atom stereocenters. The van der Waals surface area contributed by atoms with Crippen LogP contribution in [0.1, 0.15) is 25.7 Å². The third-order valence-electron chi connectivity index (χ3n) is 3.24. The Kier molecular flexibility index (Phi) is 7.03. The van der Waals surface area contributed by atoms with Crippen LogP contribution in [0.25, 0.3) is 11.4 Å². The average Bonchev–Trinajstić information content (AvgIpc) is 3.01. The molecule has 0 saturated heterocycles. The molecule has 1 amide bonds. The molecule has 2 aromatic rings. The molecule has 1 aromatic carbocycles. The van der Waals surface area contributed by atoms with Gasteiger partial charge in [-0.3, -0.25) is 4.79 Å². The number of rotatable bonds is 9. The van der Waals surface area contributed by atoms with Gasteiger partial charge in [-0.2, -0.15) is 4.98 Å². The van der Waals surface area contributed by atoms with E-state index in [2.05, 4.69) is 20.8 Å². The van der Waals surface area contributed by atoms with Gasteiger partial charge in [-0.1, -0.05) is 23.7 Å². The highest BCUT2D eigenvalue weighted by atomic mass is 35.5. The van der Waals surface area contributed by atoms with E-state index in [-0.39, 0.29) is 5.91 Å². The summed E-state index contributed by atoms with van der Waals surface area (Å²) in [5, 5.41) is 10.6. The largest absolute Gasteiger partial charge is 0.355 e. The molecule has 1 heterocycles. The normalized spacial score (nSPS) is 10.7. The molecule has 0 radical (unpaired) electrons. The van der Waals surface area contributed by atoms with Crippen LogP contribution in [0.4, 0.5) is 0 Å². The Bertz CT molecular complexity index is 613. The first-order valence-corrected chi connectivity index (χ1v) is 8.12. The predicted molar refractivity (Wildman–Crippen MR) is 89.2 cm³/mol. The highest BCUT2D eigenvalue weighted by Crippen LogP contribution is 2.19. The minimum Gasteiger partial charge on any atom is -0.355 e. The minimum absolute atomic E-state index is 0.0420. The van der Waals surface area contributed by atoms with E-state index in [1.165, 1.54) is 0 Å². The molecule has 6 nitrogen and oxygen atoms in total. The maximum Gasteiger partial charge on any atom is 0.226 e. The molecule has 1 aromatic heterocycles. The lowest BCUT2D eigenvalue weighted by Gasteiger charge is -2.04. The second-order valence-corrected chi connectivity index (χ2v) is 5.51. The molecule has 124 valence electrons. The number of halogens is 1. The predicted octanol–water partition coefficient (Wildman–Crippen LogP) is 2.44. The lowest BCUT2D eigenvalue weighted by Crippen LogP contribution is -2.31. The van der Waals surface area contributed by atoms with Crippen LogP contribution < -0.4 is 10.6 Å². The average molecular weight is 337 g/mol. The third-order valence-corrected chi connectivity index (χ3v) is 3.49. The van der Waals surface area contributed by atoms with Gasteiger partial charge in [0.2, 0.25) is 17.6 Å². The van der Waals surface area contributed by atoms with E-state index in [0.717, 1.165) is 18.7 Å². The van der Waals surface area contributed by atoms with E-state index in [1.807, 2.05) is 19.1 Å². The Morgan fingerprint density at radius 1 is 1.26 bits per heavy atom. The molecular weight excluding hydrogens is 316 g/mol. The van der Waals surface area contributed by atoms with Gasteiger partial charge in [0.15, 0.2) is 0 Å². The number of likely N-dealkylation sites (N-methyl/N-ethyl adjacent to an activating group) is 1. The van der Waals surface area contributed by atoms with E-state index in [4.69, 9.17) is 16.1 Å². The van der Waals surface area contributed by atoms with Gasteiger partial charge in [0.1, 0.15) is 0 Å². The Morgan fingerprint density at radius 2 is 2.04 bits per heavy atom. The van der Waals surface area contributed by atoms with Crippen molar-refractivity contribution in [3.8, 4) is 11.4 Å². The number of hydrogen-bond donors (Lipinski definition) is 2. The molecule has 0 aliphatic carbocycles. The molecule has 0 unspecified atom stereocenters. The van der Waals surface area contributed by atoms with Gasteiger partial charge >= 0.3 is 0 Å². The fourth-order valence-electron chi connectivity index (χ4n) is 2.03. The van der Waals surface area contributed by atoms with Crippen molar-refractivity contribution >= 4 is 17.5 Å². The fourth-order valence-corrected chi connectivity index (χ4v) is 2.15. The maximum absolute atomic E-state index is 11.6. The molecule has 0 bridgehead atoms. The monoisotopic (exact) mass is 336 g/mol. The van der Waals surface area contributed by atoms with Crippen LogP contribution in [-0.2, 0) is 11.2 Å². The Hall–Kier alpha value is -1.92. The number of benzene rings is 1. The number of nitrogens with zero attached hydrogens (tertiary/aromatic N) is 2. The van der Waals surface area contributed by atoms with Crippen molar-refractivity contribution in [1.82, 2.24) is 20.8 Å². The highest BCUT2D eigenvalue weighted by Gasteiger charge is 2.09. The molecule has 2 N–H and O–H groups in total. The molecular formula is C16H21ClN4O2. The van der Waals surface area contributed by atoms with E-state index >= 15 is 0 Å². The number of carbonyl (C=O) groups is 1. The molecule has 0 fully saturated rings. The zero-order valence-corrected chi connectivity index (χ0v) is 13.9. The molecule has 7 heteroatoms. The summed E-state index contributed by atoms with van der Waals surface area (Å²) in [7, 11) is 0. The van der Waals surface area contributed by atoms with Crippen molar-refractivity contribution in [2.75, 3.05) is 19.6 Å². The smallest absolute Gasteiger partial charge is 0.226 e. The summed E-state index contributed by atoms with van der Waals surface area (Å²) in [4.78, 5) is 16.0. The summed E-state index contributed by atoms with van der Waals surface area (Å²) in [5.41, 5.74) is 0.852. The van der Waals surface area contributed by atoms with Crippen molar-refractivity contribution < 1.29 is 9.32 Å². The van der Waals surface area contributed by atoms with Crippen molar-refractivity contribution in [2.45, 2.75) is 26.2 Å². The van der Waals surface area contributed by atoms with Crippen LogP contribution in [0.15, 0.2) is 28.8 Å². The number of hydrogen-bond acceptors (Lipinski definition) is 5. The van der Waals surface area contributed by atoms with Gasteiger partial charge in [0.05, 0.1) is 0 Å². The second-order valence-electron chi connectivity index (χ2n) is 5.08. The Labute approximate surface area is 140 Å². The molecule has 0 spiro atoms. The standard InChI is InChI=1S/C16H21ClN4O2/c1-2-18-10-11-19-14(22)4-3-5-15-20-16(21-23-15)12-6-8-13(17)9-7-12/h6-9,18H,2-5,10-11H2,1H3,(H,19,22). The van der Waals surface area contributed by atoms with E-state index < -0.39 is 0 Å². The lowest BCUT2D eigenvalue weighted by molar-refractivity contribution is -0.121. The molecule has 2 rings (SSSR count). The lowest BCUT2D eigenvalue weighted by atomic mass is 10.2. The minimum atomic E-state index is 0.0420. The van der Waals surface area contributed by atoms with Crippen molar-refractivity contribution in [2.24, 2.45) is 0 Å². The zero-order chi connectivity index (χ0) is 16.5. The summed E-state index contributed by atoms with van der Waals surface area (Å²) in [6, 6.07) is 7.25. The molecule has 0 aliphatic rings. The number of aryl methyl sites for hydroxylation is 1. The van der Waals surface area contributed by atoms with Gasteiger partial charge in [-0.15, -0.1) is 0 Å². The van der Waals surface area contributed by atoms with Crippen LogP contribution in [0.5, 0.6) is 0 Å². The van der Waals surface area contributed by atoms with Gasteiger partial charge in [0.25, 0.3) is 0 Å². The van der Waals surface area contributed by atoms with Crippen molar-refractivity contribution in [3.05, 3.63) is 35.2 Å². The summed E-state index contributed by atoms with van der Waals surface area (Å²) in [5.74, 6) is 1.11. The highest BCUT2D eigenvalue weighted by molar-refractivity contribution is 6.30. The summed E-state index contributed by atoms with van der Waals surface area (Å²) >= 11 is 5.85. The van der Waals surface area contributed by atoms with E-state index in [1.54, 1.807) is 12.1 Å². The first-order valence-electron chi connectivity index (χ1n) is 7.75. The number of aromatic nitrogens is 2. The fraction of sp³-hybridized carbons (Fsp3) is 0.438. The van der Waals surface area contributed by atoms with E-state index in [9.17, 15) is 4.79 Å². The van der Waals surface area contributed by atoms with Crippen molar-refractivity contribution in [1.29, 1.82) is 0 Å². The Morgan fingerprint density at radius 3 is 2.78 bits per heavy atom. The molecule has 0 aliphatic heterocycles. The van der Waals surface area contributed by atoms with E-state index in [0.29, 0.717) is 42.5 Å². The van der Waals surface area contributed by atoms with Crippen LogP contribution in [-0.4, -0.2) is 35.7 Å². The number of carbonyl (C=O) groups excluding carboxylic acids is 1. The first kappa shape index (κ1) is 17.4. The Balaban J connectivity index is 1.72. The third kappa shape index (κ3) is 6.00. The van der Waals surface area contributed by atoms with Crippen molar-refractivity contribution in [3.63, 3.8) is 0 Å². The summed E-state index contributed by atoms with van der Waals surface area (Å²) in [6.07, 6.45) is 1.71.